The number of ketones is 1. The summed E-state index contributed by atoms with van der Waals surface area (Å²) >= 11 is 0. The van der Waals surface area contributed by atoms with Gasteiger partial charge < -0.3 is 4.79 Å². The van der Waals surface area contributed by atoms with E-state index >= 15 is 0 Å². The number of hydrogen-bond donors (Lipinski definition) is 0. The Hall–Kier alpha value is -0.660. The highest BCUT2D eigenvalue weighted by molar-refractivity contribution is 5.91. The zero-order valence-electron chi connectivity index (χ0n) is 5.04. The average molecular weight is 124 g/mol. The molecule has 2 fully saturated rings. The van der Waals surface area contributed by atoms with Crippen molar-refractivity contribution >= 4 is 12.1 Å². The van der Waals surface area contributed by atoms with E-state index in [0.717, 1.165) is 19.1 Å². The van der Waals surface area contributed by atoms with Crippen molar-refractivity contribution in [3.05, 3.63) is 0 Å². The number of carbonyl (C=O) groups is 2. The van der Waals surface area contributed by atoms with Crippen LogP contribution in [0.2, 0.25) is 0 Å². The van der Waals surface area contributed by atoms with Crippen LogP contribution in [0.4, 0.5) is 0 Å². The average Bonchev–Trinajstić information content (AvgIpc) is 2.46. The molecule has 0 unspecified atom stereocenters. The van der Waals surface area contributed by atoms with Gasteiger partial charge in [-0.2, -0.15) is 0 Å². The van der Waals surface area contributed by atoms with Crippen molar-refractivity contribution in [1.82, 2.24) is 0 Å². The number of Topliss-reactive ketones (excluding diaryl/α,β-unsaturated/α-hetero) is 1. The fourth-order valence-corrected chi connectivity index (χ4v) is 1.89. The molecular weight excluding hydrogens is 116 g/mol. The van der Waals surface area contributed by atoms with Gasteiger partial charge in [0.1, 0.15) is 12.1 Å². The van der Waals surface area contributed by atoms with E-state index in [9.17, 15) is 9.59 Å². The lowest BCUT2D eigenvalue weighted by Gasteiger charge is -1.89. The first-order chi connectivity index (χ1) is 4.34. The van der Waals surface area contributed by atoms with Crippen molar-refractivity contribution in [1.29, 1.82) is 0 Å². The van der Waals surface area contributed by atoms with Crippen LogP contribution in [-0.2, 0) is 9.59 Å². The van der Waals surface area contributed by atoms with Crippen molar-refractivity contribution in [3.63, 3.8) is 0 Å². The molecule has 0 heterocycles. The molecule has 0 N–H and O–H groups in total. The lowest BCUT2D eigenvalue weighted by molar-refractivity contribution is -0.121. The SMILES string of the molecule is O=C[C@@H]1[C@H]2CCC(=O)[C@@H]12. The molecule has 2 nitrogen and oxygen atoms in total. The van der Waals surface area contributed by atoms with Crippen LogP contribution in [0.15, 0.2) is 0 Å². The summed E-state index contributed by atoms with van der Waals surface area (Å²) in [4.78, 5) is 21.0. The van der Waals surface area contributed by atoms with Crippen LogP contribution < -0.4 is 0 Å². The second kappa shape index (κ2) is 1.43. The van der Waals surface area contributed by atoms with Gasteiger partial charge >= 0.3 is 0 Å². The minimum atomic E-state index is 0.117. The van der Waals surface area contributed by atoms with Gasteiger partial charge in [0, 0.05) is 18.3 Å². The lowest BCUT2D eigenvalue weighted by atomic mass is 10.1. The van der Waals surface area contributed by atoms with E-state index in [1.807, 2.05) is 0 Å². The highest BCUT2D eigenvalue weighted by atomic mass is 16.1. The summed E-state index contributed by atoms with van der Waals surface area (Å²) in [5.41, 5.74) is 0. The maximum atomic E-state index is 10.8. The van der Waals surface area contributed by atoms with E-state index in [0.29, 0.717) is 11.7 Å². The smallest absolute Gasteiger partial charge is 0.137 e. The van der Waals surface area contributed by atoms with Crippen LogP contribution in [-0.4, -0.2) is 12.1 Å². The van der Waals surface area contributed by atoms with E-state index < -0.39 is 0 Å². The monoisotopic (exact) mass is 124 g/mol. The molecule has 0 aliphatic heterocycles. The summed E-state index contributed by atoms with van der Waals surface area (Å²) in [6.45, 7) is 0. The topological polar surface area (TPSA) is 34.1 Å². The highest BCUT2D eigenvalue weighted by Gasteiger charge is 2.57. The van der Waals surface area contributed by atoms with Gasteiger partial charge in [-0.15, -0.1) is 0 Å². The van der Waals surface area contributed by atoms with Gasteiger partial charge in [0.2, 0.25) is 0 Å². The van der Waals surface area contributed by atoms with Crippen molar-refractivity contribution < 1.29 is 9.59 Å². The molecule has 2 rings (SSSR count). The molecule has 2 aliphatic rings. The molecule has 9 heavy (non-hydrogen) atoms. The predicted octanol–water partition coefficient (Wildman–Crippen LogP) is 0.410. The van der Waals surface area contributed by atoms with Crippen LogP contribution in [0.25, 0.3) is 0 Å². The van der Waals surface area contributed by atoms with Gasteiger partial charge in [0.05, 0.1) is 0 Å². The van der Waals surface area contributed by atoms with Gasteiger partial charge in [-0.1, -0.05) is 0 Å². The molecule has 3 atom stereocenters. The number of rotatable bonds is 1. The van der Waals surface area contributed by atoms with Gasteiger partial charge in [-0.05, 0) is 12.3 Å². The van der Waals surface area contributed by atoms with Gasteiger partial charge in [-0.3, -0.25) is 4.79 Å². The first-order valence-electron chi connectivity index (χ1n) is 3.32. The zero-order valence-corrected chi connectivity index (χ0v) is 5.04. The van der Waals surface area contributed by atoms with Crippen molar-refractivity contribution in [2.45, 2.75) is 12.8 Å². The van der Waals surface area contributed by atoms with Gasteiger partial charge in [0.25, 0.3) is 0 Å². The van der Waals surface area contributed by atoms with E-state index in [2.05, 4.69) is 0 Å². The Balaban J connectivity index is 2.14. The molecule has 2 heteroatoms. The lowest BCUT2D eigenvalue weighted by Crippen LogP contribution is -1.99. The summed E-state index contributed by atoms with van der Waals surface area (Å²) in [6.07, 6.45) is 2.62. The molecule has 0 spiro atoms. The molecule has 0 aromatic rings. The molecule has 48 valence electrons. The van der Waals surface area contributed by atoms with Gasteiger partial charge in [-0.25, -0.2) is 0 Å². The molecular formula is C7H8O2. The van der Waals surface area contributed by atoms with E-state index in [-0.39, 0.29) is 11.8 Å². The Labute approximate surface area is 53.2 Å². The molecule has 0 radical (unpaired) electrons. The Bertz CT molecular complexity index is 174. The summed E-state index contributed by atoms with van der Waals surface area (Å²) in [6, 6.07) is 0. The van der Waals surface area contributed by atoms with E-state index in [1.54, 1.807) is 0 Å². The Morgan fingerprint density at radius 2 is 2.33 bits per heavy atom. The number of carbonyl (C=O) groups excluding carboxylic acids is 2. The van der Waals surface area contributed by atoms with Crippen LogP contribution in [0.1, 0.15) is 12.8 Å². The molecule has 2 saturated carbocycles. The van der Waals surface area contributed by atoms with Crippen molar-refractivity contribution in [3.8, 4) is 0 Å². The molecule has 2 aliphatic carbocycles. The Kier molecular flexibility index (Phi) is 0.821. The second-order valence-corrected chi connectivity index (χ2v) is 2.91. The third-order valence-electron chi connectivity index (χ3n) is 2.48. The maximum Gasteiger partial charge on any atom is 0.137 e. The molecule has 0 amide bonds. The highest BCUT2D eigenvalue weighted by Crippen LogP contribution is 2.54. The Morgan fingerprint density at radius 1 is 1.56 bits per heavy atom. The third kappa shape index (κ3) is 0.506. The third-order valence-corrected chi connectivity index (χ3v) is 2.48. The van der Waals surface area contributed by atoms with Crippen LogP contribution >= 0.6 is 0 Å². The molecule has 0 bridgehead atoms. The van der Waals surface area contributed by atoms with E-state index in [1.165, 1.54) is 0 Å². The van der Waals surface area contributed by atoms with E-state index in [4.69, 9.17) is 0 Å². The quantitative estimate of drug-likeness (QED) is 0.474. The van der Waals surface area contributed by atoms with Gasteiger partial charge in [0.15, 0.2) is 0 Å². The molecule has 0 saturated heterocycles. The molecule has 0 aromatic carbocycles. The van der Waals surface area contributed by atoms with Crippen LogP contribution in [0, 0.1) is 17.8 Å². The second-order valence-electron chi connectivity index (χ2n) is 2.91. The van der Waals surface area contributed by atoms with Crippen molar-refractivity contribution in [2.75, 3.05) is 0 Å². The summed E-state index contributed by atoms with van der Waals surface area (Å²) in [7, 11) is 0. The summed E-state index contributed by atoms with van der Waals surface area (Å²) in [5.74, 6) is 1.04. The van der Waals surface area contributed by atoms with Crippen LogP contribution in [0.3, 0.4) is 0 Å². The first kappa shape index (κ1) is 5.15. The number of fused-ring (bicyclic) bond motifs is 1. The number of hydrogen-bond acceptors (Lipinski definition) is 2. The minimum absolute atomic E-state index is 0.117. The molecule has 0 aromatic heterocycles. The number of aldehydes is 1. The predicted molar refractivity (Wildman–Crippen MR) is 30.8 cm³/mol. The summed E-state index contributed by atoms with van der Waals surface area (Å²) in [5, 5.41) is 0. The van der Waals surface area contributed by atoms with Crippen LogP contribution in [0.5, 0.6) is 0 Å². The fraction of sp³-hybridized carbons (Fsp3) is 0.714. The largest absolute Gasteiger partial charge is 0.303 e. The fourth-order valence-electron chi connectivity index (χ4n) is 1.89. The minimum Gasteiger partial charge on any atom is -0.303 e. The standard InChI is InChI=1S/C7H8O2/c8-3-5-4-1-2-6(9)7(4)5/h3-5,7H,1-2H2/t4-,5-,7-/m1/s1. The zero-order chi connectivity index (χ0) is 6.43. The van der Waals surface area contributed by atoms with Crippen molar-refractivity contribution in [2.24, 2.45) is 17.8 Å². The summed E-state index contributed by atoms with van der Waals surface area (Å²) < 4.78 is 0. The maximum absolute atomic E-state index is 10.8. The normalized spacial score (nSPS) is 46.7. The Morgan fingerprint density at radius 3 is 2.67 bits per heavy atom. The first-order valence-corrected chi connectivity index (χ1v) is 3.32.